The zero-order valence-corrected chi connectivity index (χ0v) is 15.0. The van der Waals surface area contributed by atoms with Crippen molar-refractivity contribution in [3.63, 3.8) is 0 Å². The summed E-state index contributed by atoms with van der Waals surface area (Å²) in [7, 11) is 1.67. The number of Topliss-reactive ketones (excluding diaryl/α,β-unsaturated/α-hetero) is 1. The fraction of sp³-hybridized carbons (Fsp3) is 0.381. The summed E-state index contributed by atoms with van der Waals surface area (Å²) in [5, 5.41) is 9.32. The molecule has 0 saturated heterocycles. The number of aromatic hydroxyl groups is 1. The molecule has 2 aromatic rings. The Bertz CT molecular complexity index is 775. The third-order valence-electron chi connectivity index (χ3n) is 4.68. The van der Waals surface area contributed by atoms with Crippen molar-refractivity contribution < 1.29 is 19.4 Å². The fourth-order valence-electron chi connectivity index (χ4n) is 3.26. The van der Waals surface area contributed by atoms with Crippen LogP contribution < -0.4 is 9.47 Å². The minimum absolute atomic E-state index is 0.0529. The number of carbonyl (C=O) groups is 1. The van der Waals surface area contributed by atoms with E-state index in [4.69, 9.17) is 9.47 Å². The molecule has 3 rings (SSSR count). The number of methoxy groups -OCH3 is 1. The van der Waals surface area contributed by atoms with E-state index in [0.29, 0.717) is 18.4 Å². The molecule has 25 heavy (non-hydrogen) atoms. The number of fused-ring (bicyclic) bond motifs is 1. The van der Waals surface area contributed by atoms with Crippen molar-refractivity contribution in [2.24, 2.45) is 0 Å². The number of ether oxygens (including phenoxy) is 2. The maximum absolute atomic E-state index is 12.4. The van der Waals surface area contributed by atoms with Crippen LogP contribution in [0.5, 0.6) is 17.2 Å². The van der Waals surface area contributed by atoms with Crippen LogP contribution in [0, 0.1) is 0 Å². The zero-order valence-electron chi connectivity index (χ0n) is 15.0. The SMILES string of the molecule is COc1c(CCC(=O)c2ccc(O)cc2)ccc2c1CCC(C)(C)O2. The van der Waals surface area contributed by atoms with Crippen LogP contribution in [0.4, 0.5) is 0 Å². The molecule has 0 unspecified atom stereocenters. The predicted octanol–water partition coefficient (Wildman–Crippen LogP) is 4.32. The van der Waals surface area contributed by atoms with Crippen LogP contribution in [0.1, 0.15) is 48.2 Å². The van der Waals surface area contributed by atoms with Crippen LogP contribution in [0.3, 0.4) is 0 Å². The summed E-state index contributed by atoms with van der Waals surface area (Å²) in [6.07, 6.45) is 2.85. The van der Waals surface area contributed by atoms with Crippen LogP contribution in [0.15, 0.2) is 36.4 Å². The largest absolute Gasteiger partial charge is 0.508 e. The van der Waals surface area contributed by atoms with Gasteiger partial charge in [0.25, 0.3) is 0 Å². The molecule has 4 nitrogen and oxygen atoms in total. The Morgan fingerprint density at radius 3 is 2.60 bits per heavy atom. The molecule has 132 valence electrons. The maximum atomic E-state index is 12.4. The third kappa shape index (κ3) is 3.78. The number of benzene rings is 2. The maximum Gasteiger partial charge on any atom is 0.163 e. The smallest absolute Gasteiger partial charge is 0.163 e. The molecular weight excluding hydrogens is 316 g/mol. The molecule has 0 amide bonds. The van der Waals surface area contributed by atoms with Gasteiger partial charge in [-0.05, 0) is 69.0 Å². The molecule has 0 saturated carbocycles. The van der Waals surface area contributed by atoms with Gasteiger partial charge in [-0.1, -0.05) is 6.07 Å². The van der Waals surface area contributed by atoms with Gasteiger partial charge in [0.1, 0.15) is 22.8 Å². The van der Waals surface area contributed by atoms with Crippen LogP contribution in [0.2, 0.25) is 0 Å². The van der Waals surface area contributed by atoms with Gasteiger partial charge in [-0.25, -0.2) is 0 Å². The Hall–Kier alpha value is -2.49. The average molecular weight is 340 g/mol. The lowest BCUT2D eigenvalue weighted by molar-refractivity contribution is 0.0835. The molecule has 1 aliphatic rings. The molecule has 0 aromatic heterocycles. The Morgan fingerprint density at radius 2 is 1.92 bits per heavy atom. The van der Waals surface area contributed by atoms with Crippen molar-refractivity contribution in [3.8, 4) is 17.2 Å². The Labute approximate surface area is 148 Å². The Balaban J connectivity index is 1.77. The normalized spacial score (nSPS) is 15.2. The van der Waals surface area contributed by atoms with Crippen molar-refractivity contribution in [1.82, 2.24) is 0 Å². The summed E-state index contributed by atoms with van der Waals surface area (Å²) in [5.41, 5.74) is 2.57. The third-order valence-corrected chi connectivity index (χ3v) is 4.68. The van der Waals surface area contributed by atoms with Gasteiger partial charge in [0.2, 0.25) is 0 Å². The van der Waals surface area contributed by atoms with Gasteiger partial charge in [0, 0.05) is 17.5 Å². The summed E-state index contributed by atoms with van der Waals surface area (Å²) in [4.78, 5) is 12.4. The van der Waals surface area contributed by atoms with Crippen molar-refractivity contribution >= 4 is 5.78 Å². The van der Waals surface area contributed by atoms with Crippen molar-refractivity contribution in [2.75, 3.05) is 7.11 Å². The number of hydrogen-bond acceptors (Lipinski definition) is 4. The van der Waals surface area contributed by atoms with Gasteiger partial charge in [-0.2, -0.15) is 0 Å². The van der Waals surface area contributed by atoms with Crippen LogP contribution in [0.25, 0.3) is 0 Å². The molecule has 2 aromatic carbocycles. The van der Waals surface area contributed by atoms with E-state index in [9.17, 15) is 9.90 Å². The molecule has 0 radical (unpaired) electrons. The number of carbonyl (C=O) groups excluding carboxylic acids is 1. The first-order valence-corrected chi connectivity index (χ1v) is 8.59. The van der Waals surface area contributed by atoms with E-state index in [0.717, 1.165) is 35.5 Å². The minimum atomic E-state index is -0.158. The summed E-state index contributed by atoms with van der Waals surface area (Å²) in [6.45, 7) is 4.18. The van der Waals surface area contributed by atoms with Gasteiger partial charge in [-0.3, -0.25) is 4.79 Å². The molecule has 0 fully saturated rings. The van der Waals surface area contributed by atoms with Crippen LogP contribution in [-0.2, 0) is 12.8 Å². The van der Waals surface area contributed by atoms with Crippen molar-refractivity contribution in [3.05, 3.63) is 53.1 Å². The van der Waals surface area contributed by atoms with Crippen molar-refractivity contribution in [1.29, 1.82) is 0 Å². The second-order valence-corrected chi connectivity index (χ2v) is 7.07. The van der Waals surface area contributed by atoms with E-state index < -0.39 is 0 Å². The minimum Gasteiger partial charge on any atom is -0.508 e. The molecule has 0 atom stereocenters. The van der Waals surface area contributed by atoms with E-state index in [-0.39, 0.29) is 17.1 Å². The highest BCUT2D eigenvalue weighted by Gasteiger charge is 2.29. The molecule has 0 spiro atoms. The van der Waals surface area contributed by atoms with Gasteiger partial charge in [0.05, 0.1) is 7.11 Å². The number of phenolic OH excluding ortho intramolecular Hbond substituents is 1. The first kappa shape index (κ1) is 17.3. The first-order chi connectivity index (χ1) is 11.9. The zero-order chi connectivity index (χ0) is 18.0. The number of hydrogen-bond donors (Lipinski definition) is 1. The fourth-order valence-corrected chi connectivity index (χ4v) is 3.26. The van der Waals surface area contributed by atoms with Gasteiger partial charge in [-0.15, -0.1) is 0 Å². The summed E-state index contributed by atoms with van der Waals surface area (Å²) in [5.74, 6) is 1.93. The molecule has 1 heterocycles. The lowest BCUT2D eigenvalue weighted by Crippen LogP contribution is -2.32. The molecule has 1 N–H and O–H groups in total. The van der Waals surface area contributed by atoms with Gasteiger partial charge >= 0.3 is 0 Å². The molecule has 4 heteroatoms. The lowest BCUT2D eigenvalue weighted by Gasteiger charge is -2.33. The monoisotopic (exact) mass is 340 g/mol. The predicted molar refractivity (Wildman–Crippen MR) is 96.8 cm³/mol. The molecule has 0 aliphatic carbocycles. The lowest BCUT2D eigenvalue weighted by atomic mass is 9.91. The number of aryl methyl sites for hydroxylation is 1. The van der Waals surface area contributed by atoms with E-state index in [1.54, 1.807) is 19.2 Å². The van der Waals surface area contributed by atoms with Crippen molar-refractivity contribution in [2.45, 2.75) is 45.1 Å². The summed E-state index contributed by atoms with van der Waals surface area (Å²) < 4.78 is 11.7. The first-order valence-electron chi connectivity index (χ1n) is 8.59. The number of phenols is 1. The molecule has 1 aliphatic heterocycles. The highest BCUT2D eigenvalue weighted by Crippen LogP contribution is 2.40. The Morgan fingerprint density at radius 1 is 1.20 bits per heavy atom. The summed E-state index contributed by atoms with van der Waals surface area (Å²) in [6, 6.07) is 10.3. The number of ketones is 1. The highest BCUT2D eigenvalue weighted by atomic mass is 16.5. The van der Waals surface area contributed by atoms with E-state index in [1.807, 2.05) is 12.1 Å². The highest BCUT2D eigenvalue weighted by molar-refractivity contribution is 5.96. The van der Waals surface area contributed by atoms with E-state index in [1.165, 1.54) is 12.1 Å². The molecular formula is C21H24O4. The van der Waals surface area contributed by atoms with E-state index >= 15 is 0 Å². The van der Waals surface area contributed by atoms with Gasteiger partial charge in [0.15, 0.2) is 5.78 Å². The average Bonchev–Trinajstić information content (AvgIpc) is 2.59. The van der Waals surface area contributed by atoms with Gasteiger partial charge < -0.3 is 14.6 Å². The second kappa shape index (κ2) is 6.79. The summed E-state index contributed by atoms with van der Waals surface area (Å²) >= 11 is 0. The van der Waals surface area contributed by atoms with Crippen LogP contribution in [-0.4, -0.2) is 23.6 Å². The standard InChI is InChI=1S/C21H24O4/c1-21(2)13-12-17-19(25-21)11-7-15(20(17)24-3)6-10-18(23)14-4-8-16(22)9-5-14/h4-5,7-9,11,22H,6,10,12-13H2,1-3H3. The quantitative estimate of drug-likeness (QED) is 0.824. The van der Waals surface area contributed by atoms with Crippen LogP contribution >= 0.6 is 0 Å². The Kier molecular flexibility index (Phi) is 4.71. The second-order valence-electron chi connectivity index (χ2n) is 7.07. The molecule has 0 bridgehead atoms. The number of rotatable bonds is 5. The van der Waals surface area contributed by atoms with E-state index in [2.05, 4.69) is 13.8 Å². The topological polar surface area (TPSA) is 55.8 Å².